The van der Waals surface area contributed by atoms with Crippen LogP contribution in [-0.4, -0.2) is 36.2 Å². The summed E-state index contributed by atoms with van der Waals surface area (Å²) in [6.07, 6.45) is 7.80. The number of rotatable bonds is 4. The van der Waals surface area contributed by atoms with E-state index in [1.165, 1.54) is 25.7 Å². The fourth-order valence-corrected chi connectivity index (χ4v) is 3.44. The first-order chi connectivity index (χ1) is 9.39. The molecular formula is C16H30N2O2. The summed E-state index contributed by atoms with van der Waals surface area (Å²) < 4.78 is 6.03. The molecule has 1 amide bonds. The molecule has 1 spiro atoms. The Hall–Kier alpha value is -0.610. The Morgan fingerprint density at radius 2 is 2.00 bits per heavy atom. The van der Waals surface area contributed by atoms with Gasteiger partial charge in [-0.3, -0.25) is 4.79 Å². The minimum absolute atomic E-state index is 0.132. The second kappa shape index (κ2) is 6.44. The van der Waals surface area contributed by atoms with E-state index in [0.29, 0.717) is 12.5 Å². The van der Waals surface area contributed by atoms with E-state index in [-0.39, 0.29) is 17.0 Å². The lowest BCUT2D eigenvalue weighted by Gasteiger charge is -2.38. The first-order valence-corrected chi connectivity index (χ1v) is 8.07. The average molecular weight is 282 g/mol. The molecule has 20 heavy (non-hydrogen) atoms. The van der Waals surface area contributed by atoms with Crippen LogP contribution in [0.25, 0.3) is 0 Å². The van der Waals surface area contributed by atoms with Gasteiger partial charge in [0, 0.05) is 31.2 Å². The molecule has 2 fully saturated rings. The molecule has 0 radical (unpaired) electrons. The minimum Gasteiger partial charge on any atom is -0.375 e. The van der Waals surface area contributed by atoms with E-state index in [9.17, 15) is 4.79 Å². The van der Waals surface area contributed by atoms with Crippen LogP contribution in [0.2, 0.25) is 0 Å². The molecule has 0 aromatic heterocycles. The highest BCUT2D eigenvalue weighted by molar-refractivity contribution is 5.76. The predicted octanol–water partition coefficient (Wildman–Crippen LogP) is 2.37. The Bertz CT molecular complexity index is 330. The fraction of sp³-hybridized carbons (Fsp3) is 0.938. The minimum atomic E-state index is -0.135. The third kappa shape index (κ3) is 4.74. The van der Waals surface area contributed by atoms with Crippen LogP contribution in [0, 0.1) is 0 Å². The molecule has 1 saturated heterocycles. The number of hydrogen-bond acceptors (Lipinski definition) is 3. The summed E-state index contributed by atoms with van der Waals surface area (Å²) in [5.74, 6) is 0.132. The molecule has 1 saturated carbocycles. The van der Waals surface area contributed by atoms with Gasteiger partial charge in [0.2, 0.25) is 5.91 Å². The van der Waals surface area contributed by atoms with Gasteiger partial charge in [0.05, 0.1) is 5.60 Å². The summed E-state index contributed by atoms with van der Waals surface area (Å²) in [5.41, 5.74) is 0.0211. The summed E-state index contributed by atoms with van der Waals surface area (Å²) in [5, 5.41) is 6.55. The standard InChI is InChI=1S/C16H30N2O2/c1-15(2,3)18-14(19)6-10-17-13-7-11-20-16(12-13)8-4-5-9-16/h13,17H,4-12H2,1-3H3,(H,18,19). The van der Waals surface area contributed by atoms with E-state index in [1.807, 2.05) is 20.8 Å². The first kappa shape index (κ1) is 15.8. The molecule has 1 aliphatic heterocycles. The number of carbonyl (C=O) groups excluding carboxylic acids is 1. The van der Waals surface area contributed by atoms with Crippen LogP contribution in [-0.2, 0) is 9.53 Å². The molecule has 0 bridgehead atoms. The monoisotopic (exact) mass is 282 g/mol. The van der Waals surface area contributed by atoms with Crippen LogP contribution in [0.1, 0.15) is 65.7 Å². The Balaban J connectivity index is 1.68. The van der Waals surface area contributed by atoms with Gasteiger partial charge in [-0.1, -0.05) is 12.8 Å². The number of carbonyl (C=O) groups is 1. The first-order valence-electron chi connectivity index (χ1n) is 8.07. The quantitative estimate of drug-likeness (QED) is 0.832. The SMILES string of the molecule is CC(C)(C)NC(=O)CCNC1CCOC2(CCCC2)C1. The molecule has 2 N–H and O–H groups in total. The maximum absolute atomic E-state index is 11.8. The molecule has 0 aromatic carbocycles. The van der Waals surface area contributed by atoms with E-state index in [1.54, 1.807) is 0 Å². The van der Waals surface area contributed by atoms with Crippen molar-refractivity contribution in [3.8, 4) is 0 Å². The lowest BCUT2D eigenvalue weighted by molar-refractivity contribution is -0.122. The maximum atomic E-state index is 11.8. The third-order valence-corrected chi connectivity index (χ3v) is 4.31. The van der Waals surface area contributed by atoms with Gasteiger partial charge in [-0.25, -0.2) is 0 Å². The molecular weight excluding hydrogens is 252 g/mol. The van der Waals surface area contributed by atoms with Crippen molar-refractivity contribution in [3.05, 3.63) is 0 Å². The number of hydrogen-bond donors (Lipinski definition) is 2. The van der Waals surface area contributed by atoms with Crippen molar-refractivity contribution in [2.45, 2.75) is 82.9 Å². The molecule has 1 unspecified atom stereocenters. The zero-order valence-corrected chi connectivity index (χ0v) is 13.3. The average Bonchev–Trinajstić information content (AvgIpc) is 2.75. The lowest BCUT2D eigenvalue weighted by Crippen LogP contribution is -2.47. The van der Waals surface area contributed by atoms with Crippen LogP contribution in [0.5, 0.6) is 0 Å². The van der Waals surface area contributed by atoms with Gasteiger partial charge in [-0.15, -0.1) is 0 Å². The van der Waals surface area contributed by atoms with Crippen LogP contribution in [0.15, 0.2) is 0 Å². The van der Waals surface area contributed by atoms with Gasteiger partial charge in [-0.05, 0) is 46.5 Å². The Kier molecular flexibility index (Phi) is 5.08. The van der Waals surface area contributed by atoms with E-state index < -0.39 is 0 Å². The number of nitrogens with one attached hydrogen (secondary N) is 2. The summed E-state index contributed by atoms with van der Waals surface area (Å²) >= 11 is 0. The van der Waals surface area contributed by atoms with Gasteiger partial charge in [-0.2, -0.15) is 0 Å². The van der Waals surface area contributed by atoms with Crippen molar-refractivity contribution in [2.24, 2.45) is 0 Å². The van der Waals surface area contributed by atoms with Gasteiger partial charge in [0.1, 0.15) is 0 Å². The topological polar surface area (TPSA) is 50.4 Å². The Morgan fingerprint density at radius 3 is 2.65 bits per heavy atom. The smallest absolute Gasteiger partial charge is 0.221 e. The third-order valence-electron chi connectivity index (χ3n) is 4.31. The highest BCUT2D eigenvalue weighted by Gasteiger charge is 2.39. The molecule has 1 aliphatic carbocycles. The van der Waals surface area contributed by atoms with E-state index in [4.69, 9.17) is 4.74 Å². The van der Waals surface area contributed by atoms with Crippen LogP contribution in [0.3, 0.4) is 0 Å². The molecule has 4 heteroatoms. The van der Waals surface area contributed by atoms with Crippen molar-refractivity contribution >= 4 is 5.91 Å². The second-order valence-corrected chi connectivity index (χ2v) is 7.43. The zero-order chi connectivity index (χ0) is 14.6. The highest BCUT2D eigenvalue weighted by atomic mass is 16.5. The van der Waals surface area contributed by atoms with Gasteiger partial charge >= 0.3 is 0 Å². The Labute approximate surface area is 123 Å². The largest absolute Gasteiger partial charge is 0.375 e. The van der Waals surface area contributed by atoms with Crippen molar-refractivity contribution in [1.29, 1.82) is 0 Å². The molecule has 116 valence electrons. The number of ether oxygens (including phenoxy) is 1. The Morgan fingerprint density at radius 1 is 1.30 bits per heavy atom. The van der Waals surface area contributed by atoms with Crippen LogP contribution < -0.4 is 10.6 Å². The predicted molar refractivity (Wildman–Crippen MR) is 80.7 cm³/mol. The van der Waals surface area contributed by atoms with Crippen molar-refractivity contribution in [3.63, 3.8) is 0 Å². The van der Waals surface area contributed by atoms with Gasteiger partial charge < -0.3 is 15.4 Å². The lowest BCUT2D eigenvalue weighted by atomic mass is 9.89. The molecule has 2 aliphatic rings. The zero-order valence-electron chi connectivity index (χ0n) is 13.3. The molecule has 1 heterocycles. The second-order valence-electron chi connectivity index (χ2n) is 7.43. The van der Waals surface area contributed by atoms with Crippen LogP contribution in [0.4, 0.5) is 0 Å². The normalized spacial score (nSPS) is 25.9. The molecule has 0 aromatic rings. The summed E-state index contributed by atoms with van der Waals surface area (Å²) in [7, 11) is 0. The number of amides is 1. The van der Waals surface area contributed by atoms with Crippen molar-refractivity contribution < 1.29 is 9.53 Å². The fourth-order valence-electron chi connectivity index (χ4n) is 3.44. The molecule has 1 atom stereocenters. The van der Waals surface area contributed by atoms with E-state index in [0.717, 1.165) is 26.0 Å². The van der Waals surface area contributed by atoms with Gasteiger partial charge in [0.25, 0.3) is 0 Å². The van der Waals surface area contributed by atoms with Crippen molar-refractivity contribution in [1.82, 2.24) is 10.6 Å². The summed E-state index contributed by atoms with van der Waals surface area (Å²) in [6.45, 7) is 7.68. The van der Waals surface area contributed by atoms with Crippen molar-refractivity contribution in [2.75, 3.05) is 13.2 Å². The van der Waals surface area contributed by atoms with E-state index in [2.05, 4.69) is 10.6 Å². The molecule has 4 nitrogen and oxygen atoms in total. The van der Waals surface area contributed by atoms with E-state index >= 15 is 0 Å². The van der Waals surface area contributed by atoms with Gasteiger partial charge in [0.15, 0.2) is 0 Å². The maximum Gasteiger partial charge on any atom is 0.221 e. The summed E-state index contributed by atoms with van der Waals surface area (Å²) in [4.78, 5) is 11.8. The summed E-state index contributed by atoms with van der Waals surface area (Å²) in [6, 6.07) is 0.518. The van der Waals surface area contributed by atoms with Crippen LogP contribution >= 0.6 is 0 Å². The highest BCUT2D eigenvalue weighted by Crippen LogP contribution is 2.39. The molecule has 2 rings (SSSR count).